The Kier molecular flexibility index (Phi) is 4.76. The van der Waals surface area contributed by atoms with Crippen molar-refractivity contribution in [1.82, 2.24) is 20.6 Å². The maximum absolute atomic E-state index is 4.19. The van der Waals surface area contributed by atoms with Gasteiger partial charge in [0.1, 0.15) is 0 Å². The van der Waals surface area contributed by atoms with Crippen molar-refractivity contribution in [3.8, 4) is 17.1 Å². The summed E-state index contributed by atoms with van der Waals surface area (Å²) in [4.78, 5) is 0. The molecule has 0 aliphatic rings. The fourth-order valence-corrected chi connectivity index (χ4v) is 2.90. The second-order valence-corrected chi connectivity index (χ2v) is 5.64. The molecule has 5 heteroatoms. The van der Waals surface area contributed by atoms with Crippen LogP contribution in [0, 0.1) is 0 Å². The molecule has 0 radical (unpaired) electrons. The summed E-state index contributed by atoms with van der Waals surface area (Å²) in [6.07, 6.45) is 4.10. The molecule has 0 saturated heterocycles. The molecular weight excluding hydrogens is 286 g/mol. The van der Waals surface area contributed by atoms with Gasteiger partial charge in [0.25, 0.3) is 0 Å². The highest BCUT2D eigenvalue weighted by Crippen LogP contribution is 2.21. The van der Waals surface area contributed by atoms with E-state index in [1.807, 2.05) is 6.07 Å². The number of hydrogen-bond acceptors (Lipinski definition) is 3. The van der Waals surface area contributed by atoms with Crippen molar-refractivity contribution in [2.45, 2.75) is 39.5 Å². The Labute approximate surface area is 136 Å². The number of aromatic amines is 1. The molecule has 0 fully saturated rings. The summed E-state index contributed by atoms with van der Waals surface area (Å²) >= 11 is 0. The average molecular weight is 308 g/mol. The summed E-state index contributed by atoms with van der Waals surface area (Å²) in [7, 11) is 0. The highest BCUT2D eigenvalue weighted by Gasteiger charge is 2.21. The first-order valence-corrected chi connectivity index (χ1v) is 8.20. The lowest BCUT2D eigenvalue weighted by molar-refractivity contribution is -0.620. The van der Waals surface area contributed by atoms with E-state index in [2.05, 4.69) is 75.4 Å². The van der Waals surface area contributed by atoms with Crippen LogP contribution in [0.25, 0.3) is 17.1 Å². The maximum Gasteiger partial charge on any atom is 0.483 e. The van der Waals surface area contributed by atoms with Gasteiger partial charge in [-0.3, -0.25) is 0 Å². The fourth-order valence-electron chi connectivity index (χ4n) is 2.90. The number of aryl methyl sites for hydroxylation is 2. The van der Waals surface area contributed by atoms with Crippen LogP contribution >= 0.6 is 0 Å². The predicted octanol–water partition coefficient (Wildman–Crippen LogP) is 3.05. The molecule has 1 N–H and O–H groups in total. The summed E-state index contributed by atoms with van der Waals surface area (Å²) in [5.41, 5.74) is 4.93. The number of benzene rings is 1. The third-order valence-electron chi connectivity index (χ3n) is 3.87. The van der Waals surface area contributed by atoms with Crippen LogP contribution in [0.5, 0.6) is 0 Å². The van der Waals surface area contributed by atoms with E-state index in [1.54, 1.807) is 0 Å². The third-order valence-corrected chi connectivity index (χ3v) is 3.87. The summed E-state index contributed by atoms with van der Waals surface area (Å²) in [5, 5.41) is 14.7. The van der Waals surface area contributed by atoms with E-state index in [-0.39, 0.29) is 0 Å². The number of nitrogens with one attached hydrogen (secondary N) is 1. The molecule has 0 atom stereocenters. The van der Waals surface area contributed by atoms with Crippen LogP contribution in [0.3, 0.4) is 0 Å². The molecular formula is C18H22N5+. The first-order chi connectivity index (χ1) is 11.3. The normalized spacial score (nSPS) is 10.9. The van der Waals surface area contributed by atoms with Crippen molar-refractivity contribution in [2.24, 2.45) is 0 Å². The molecule has 0 aliphatic heterocycles. The molecule has 0 aliphatic carbocycles. The van der Waals surface area contributed by atoms with Gasteiger partial charge in [0.15, 0.2) is 0 Å². The lowest BCUT2D eigenvalue weighted by Gasteiger charge is -2.13. The van der Waals surface area contributed by atoms with Gasteiger partial charge in [-0.15, -0.1) is 0 Å². The minimum atomic E-state index is 0.622. The van der Waals surface area contributed by atoms with Gasteiger partial charge < -0.3 is 0 Å². The SMILES string of the molecule is CCCc1cc(-c2ccccc2)cc(CCC)[n+]1-c1nn[nH]n1. The first-order valence-electron chi connectivity index (χ1n) is 8.20. The van der Waals surface area contributed by atoms with E-state index in [9.17, 15) is 0 Å². The van der Waals surface area contributed by atoms with Crippen molar-refractivity contribution >= 4 is 0 Å². The van der Waals surface area contributed by atoms with E-state index in [4.69, 9.17) is 0 Å². The van der Waals surface area contributed by atoms with E-state index < -0.39 is 0 Å². The Bertz CT molecular complexity index is 723. The average Bonchev–Trinajstić information content (AvgIpc) is 3.10. The van der Waals surface area contributed by atoms with Crippen LogP contribution < -0.4 is 4.57 Å². The molecule has 2 heterocycles. The van der Waals surface area contributed by atoms with Gasteiger partial charge in [-0.25, -0.2) is 0 Å². The molecule has 2 aromatic heterocycles. The molecule has 3 rings (SSSR count). The maximum atomic E-state index is 4.19. The molecule has 0 unspecified atom stereocenters. The lowest BCUT2D eigenvalue weighted by Crippen LogP contribution is -2.41. The van der Waals surface area contributed by atoms with Gasteiger partial charge in [0, 0.05) is 23.2 Å². The zero-order valence-corrected chi connectivity index (χ0v) is 13.7. The summed E-state index contributed by atoms with van der Waals surface area (Å²) in [6.45, 7) is 4.38. The fraction of sp³-hybridized carbons (Fsp3) is 0.333. The number of rotatable bonds is 6. The zero-order chi connectivity index (χ0) is 16.1. The van der Waals surface area contributed by atoms with Crippen LogP contribution in [0.4, 0.5) is 0 Å². The minimum absolute atomic E-state index is 0.622. The van der Waals surface area contributed by atoms with Crippen LogP contribution in [0.2, 0.25) is 0 Å². The highest BCUT2D eigenvalue weighted by atomic mass is 15.5. The number of tetrazole rings is 1. The monoisotopic (exact) mass is 308 g/mol. The van der Waals surface area contributed by atoms with Gasteiger partial charge in [0.05, 0.1) is 16.5 Å². The summed E-state index contributed by atoms with van der Waals surface area (Å²) < 4.78 is 2.14. The van der Waals surface area contributed by atoms with E-state index >= 15 is 0 Å². The topological polar surface area (TPSA) is 58.3 Å². The molecule has 0 bridgehead atoms. The number of nitrogens with zero attached hydrogens (tertiary/aromatic N) is 4. The van der Waals surface area contributed by atoms with Gasteiger partial charge in [-0.05, 0) is 36.1 Å². The zero-order valence-electron chi connectivity index (χ0n) is 13.7. The molecule has 0 saturated carbocycles. The molecule has 0 spiro atoms. The molecule has 5 nitrogen and oxygen atoms in total. The van der Waals surface area contributed by atoms with Crippen molar-refractivity contribution in [3.63, 3.8) is 0 Å². The third kappa shape index (κ3) is 3.28. The molecule has 23 heavy (non-hydrogen) atoms. The van der Waals surface area contributed by atoms with Crippen LogP contribution in [0.1, 0.15) is 38.1 Å². The second kappa shape index (κ2) is 7.13. The Morgan fingerprint density at radius 1 is 0.913 bits per heavy atom. The van der Waals surface area contributed by atoms with Crippen LogP contribution in [-0.2, 0) is 12.8 Å². The summed E-state index contributed by atoms with van der Waals surface area (Å²) in [6, 6.07) is 15.0. The van der Waals surface area contributed by atoms with E-state index in [0.717, 1.165) is 25.7 Å². The second-order valence-electron chi connectivity index (χ2n) is 5.64. The van der Waals surface area contributed by atoms with E-state index in [0.29, 0.717) is 5.95 Å². The Hall–Kier alpha value is -2.56. The van der Waals surface area contributed by atoms with Crippen molar-refractivity contribution in [3.05, 3.63) is 53.9 Å². The van der Waals surface area contributed by atoms with Gasteiger partial charge in [-0.2, -0.15) is 4.57 Å². The molecule has 0 amide bonds. The predicted molar refractivity (Wildman–Crippen MR) is 89.1 cm³/mol. The lowest BCUT2D eigenvalue weighted by atomic mass is 10.0. The molecule has 118 valence electrons. The number of hydrogen-bond donors (Lipinski definition) is 1. The Morgan fingerprint density at radius 2 is 1.57 bits per heavy atom. The smallest absolute Gasteiger partial charge is 0.197 e. The standard InChI is InChI=1S/C18H22N5/c1-3-8-16-12-15(14-10-6-5-7-11-14)13-17(9-4-2)23(16)18-19-21-22-20-18/h5-7,10-13H,3-4,8-9H2,1-2H3,(H,19,20,21,22)/q+1. The minimum Gasteiger partial charge on any atom is -0.197 e. The van der Waals surface area contributed by atoms with Crippen molar-refractivity contribution in [1.29, 1.82) is 0 Å². The Balaban J connectivity index is 2.18. The largest absolute Gasteiger partial charge is 0.483 e. The van der Waals surface area contributed by atoms with E-state index in [1.165, 1.54) is 22.5 Å². The molecule has 1 aromatic carbocycles. The van der Waals surface area contributed by atoms with Crippen molar-refractivity contribution < 1.29 is 4.57 Å². The van der Waals surface area contributed by atoms with Gasteiger partial charge in [-0.1, -0.05) is 49.4 Å². The van der Waals surface area contributed by atoms with Crippen LogP contribution in [-0.4, -0.2) is 20.6 Å². The van der Waals surface area contributed by atoms with Crippen LogP contribution in [0.15, 0.2) is 42.5 Å². The quantitative estimate of drug-likeness (QED) is 0.712. The number of aromatic nitrogens is 5. The Morgan fingerprint density at radius 3 is 2.09 bits per heavy atom. The van der Waals surface area contributed by atoms with Gasteiger partial charge in [0.2, 0.25) is 0 Å². The molecule has 3 aromatic rings. The number of pyridine rings is 1. The highest BCUT2D eigenvalue weighted by molar-refractivity contribution is 5.63. The van der Waals surface area contributed by atoms with Crippen molar-refractivity contribution in [2.75, 3.05) is 0 Å². The number of H-pyrrole nitrogens is 1. The summed E-state index contributed by atoms with van der Waals surface area (Å²) in [5.74, 6) is 0.622. The first kappa shape index (κ1) is 15.3. The van der Waals surface area contributed by atoms with Gasteiger partial charge >= 0.3 is 5.95 Å².